The Bertz CT molecular complexity index is 459. The maximum absolute atomic E-state index is 13.4. The van der Waals surface area contributed by atoms with Gasteiger partial charge in [0.05, 0.1) is 6.04 Å². The summed E-state index contributed by atoms with van der Waals surface area (Å²) in [5.74, 6) is 0.00134. The molecule has 0 bridgehead atoms. The molecule has 1 amide bonds. The number of carbonyl (C=O) groups excluding carboxylic acids is 1. The minimum Gasteiger partial charge on any atom is -0.485 e. The van der Waals surface area contributed by atoms with Gasteiger partial charge in [0, 0.05) is 27.2 Å². The molecule has 1 heterocycles. The number of hydrogen-bond donors (Lipinski definition) is 0. The number of halogens is 1. The van der Waals surface area contributed by atoms with E-state index in [1.807, 2.05) is 11.8 Å². The van der Waals surface area contributed by atoms with E-state index in [2.05, 4.69) is 0 Å². The van der Waals surface area contributed by atoms with Gasteiger partial charge in [0.15, 0.2) is 11.6 Å². The second kappa shape index (κ2) is 5.57. The number of likely N-dealkylation sites (N-methyl/N-ethyl adjacent to an activating group) is 1. The lowest BCUT2D eigenvalue weighted by molar-refractivity contribution is -0.137. The van der Waals surface area contributed by atoms with Crippen LogP contribution in [0.5, 0.6) is 5.75 Å². The van der Waals surface area contributed by atoms with Crippen molar-refractivity contribution < 1.29 is 13.9 Å². The monoisotopic (exact) mass is 266 g/mol. The average molecular weight is 266 g/mol. The molecular weight excluding hydrogens is 247 g/mol. The van der Waals surface area contributed by atoms with Crippen LogP contribution in [0, 0.1) is 5.82 Å². The number of ether oxygens (including phenoxy) is 1. The molecule has 1 aromatic rings. The van der Waals surface area contributed by atoms with E-state index < -0.39 is 0 Å². The lowest BCUT2D eigenvalue weighted by Gasteiger charge is -2.42. The van der Waals surface area contributed by atoms with Crippen molar-refractivity contribution in [1.82, 2.24) is 9.80 Å². The molecular formula is C14H19FN2O2. The standard InChI is InChI=1S/C14H19FN2O2/c1-10(14(18)16(2)3)17-8-11(9-17)19-13-7-5-4-6-12(13)15/h4-7,10-11H,8-9H2,1-3H3/t10-/m1/s1. The molecule has 4 nitrogen and oxygen atoms in total. The number of nitrogens with zero attached hydrogens (tertiary/aromatic N) is 2. The van der Waals surface area contributed by atoms with Gasteiger partial charge in [-0.25, -0.2) is 4.39 Å². The smallest absolute Gasteiger partial charge is 0.239 e. The van der Waals surface area contributed by atoms with Crippen LogP contribution in [0.3, 0.4) is 0 Å². The largest absolute Gasteiger partial charge is 0.485 e. The number of carbonyl (C=O) groups is 1. The maximum atomic E-state index is 13.4. The van der Waals surface area contributed by atoms with E-state index in [9.17, 15) is 9.18 Å². The van der Waals surface area contributed by atoms with E-state index in [-0.39, 0.29) is 29.6 Å². The third-order valence-electron chi connectivity index (χ3n) is 3.35. The highest BCUT2D eigenvalue weighted by Gasteiger charge is 2.35. The molecule has 0 unspecified atom stereocenters. The number of para-hydroxylation sites is 1. The minimum atomic E-state index is -0.349. The summed E-state index contributed by atoms with van der Waals surface area (Å²) in [6.07, 6.45) is -0.0469. The van der Waals surface area contributed by atoms with Gasteiger partial charge in [0.2, 0.25) is 5.91 Å². The topological polar surface area (TPSA) is 32.8 Å². The zero-order chi connectivity index (χ0) is 14.0. The molecule has 1 saturated heterocycles. The van der Waals surface area contributed by atoms with Crippen molar-refractivity contribution in [1.29, 1.82) is 0 Å². The van der Waals surface area contributed by atoms with Crippen molar-refractivity contribution in [2.24, 2.45) is 0 Å². The van der Waals surface area contributed by atoms with Gasteiger partial charge in [-0.2, -0.15) is 0 Å². The van der Waals surface area contributed by atoms with Crippen LogP contribution < -0.4 is 4.74 Å². The van der Waals surface area contributed by atoms with Crippen LogP contribution in [-0.2, 0) is 4.79 Å². The Labute approximate surface area is 112 Å². The van der Waals surface area contributed by atoms with Crippen molar-refractivity contribution in [2.75, 3.05) is 27.2 Å². The summed E-state index contributed by atoms with van der Waals surface area (Å²) in [5, 5.41) is 0. The van der Waals surface area contributed by atoms with Gasteiger partial charge in [0.25, 0.3) is 0 Å². The van der Waals surface area contributed by atoms with Gasteiger partial charge in [-0.15, -0.1) is 0 Å². The van der Waals surface area contributed by atoms with Crippen LogP contribution >= 0.6 is 0 Å². The van der Waals surface area contributed by atoms with Crippen LogP contribution in [0.15, 0.2) is 24.3 Å². The third-order valence-corrected chi connectivity index (χ3v) is 3.35. The van der Waals surface area contributed by atoms with E-state index in [1.54, 1.807) is 37.2 Å². The Balaban J connectivity index is 1.84. The molecule has 2 rings (SSSR count). The molecule has 5 heteroatoms. The quantitative estimate of drug-likeness (QED) is 0.825. The summed E-state index contributed by atoms with van der Waals surface area (Å²) in [5.41, 5.74) is 0. The van der Waals surface area contributed by atoms with E-state index in [0.717, 1.165) is 0 Å². The third kappa shape index (κ3) is 3.04. The molecule has 0 aliphatic carbocycles. The van der Waals surface area contributed by atoms with Crippen molar-refractivity contribution in [3.05, 3.63) is 30.1 Å². The summed E-state index contributed by atoms with van der Waals surface area (Å²) >= 11 is 0. The van der Waals surface area contributed by atoms with Crippen molar-refractivity contribution in [3.63, 3.8) is 0 Å². The summed E-state index contributed by atoms with van der Waals surface area (Å²) in [7, 11) is 3.48. The Morgan fingerprint density at radius 3 is 2.63 bits per heavy atom. The van der Waals surface area contributed by atoms with E-state index >= 15 is 0 Å². The fourth-order valence-electron chi connectivity index (χ4n) is 2.11. The van der Waals surface area contributed by atoms with Crippen LogP contribution in [0.4, 0.5) is 4.39 Å². The van der Waals surface area contributed by atoms with Gasteiger partial charge < -0.3 is 9.64 Å². The predicted octanol–water partition coefficient (Wildman–Crippen LogP) is 1.37. The lowest BCUT2D eigenvalue weighted by Crippen LogP contribution is -2.60. The van der Waals surface area contributed by atoms with Gasteiger partial charge in [0.1, 0.15) is 6.10 Å². The molecule has 1 aromatic carbocycles. The highest BCUT2D eigenvalue weighted by atomic mass is 19.1. The number of amides is 1. The van der Waals surface area contributed by atoms with E-state index in [1.165, 1.54) is 6.07 Å². The summed E-state index contributed by atoms with van der Waals surface area (Å²) in [4.78, 5) is 15.4. The summed E-state index contributed by atoms with van der Waals surface area (Å²) in [6.45, 7) is 3.17. The summed E-state index contributed by atoms with van der Waals surface area (Å²) in [6, 6.07) is 6.21. The first-order chi connectivity index (χ1) is 8.99. The molecule has 1 fully saturated rings. The van der Waals surface area contributed by atoms with Crippen LogP contribution in [0.2, 0.25) is 0 Å². The molecule has 104 valence electrons. The lowest BCUT2D eigenvalue weighted by atomic mass is 10.1. The molecule has 0 radical (unpaired) electrons. The fraction of sp³-hybridized carbons (Fsp3) is 0.500. The van der Waals surface area contributed by atoms with Crippen LogP contribution in [0.1, 0.15) is 6.92 Å². The van der Waals surface area contributed by atoms with Crippen LogP contribution in [0.25, 0.3) is 0 Å². The Kier molecular flexibility index (Phi) is 4.04. The number of rotatable bonds is 4. The first-order valence-corrected chi connectivity index (χ1v) is 6.35. The first-order valence-electron chi connectivity index (χ1n) is 6.35. The van der Waals surface area contributed by atoms with E-state index in [4.69, 9.17) is 4.74 Å². The maximum Gasteiger partial charge on any atom is 0.239 e. The highest BCUT2D eigenvalue weighted by molar-refractivity contribution is 5.81. The first kappa shape index (κ1) is 13.8. The van der Waals surface area contributed by atoms with Gasteiger partial charge in [-0.1, -0.05) is 12.1 Å². The number of hydrogen-bond acceptors (Lipinski definition) is 3. The van der Waals surface area contributed by atoms with Crippen LogP contribution in [-0.4, -0.2) is 55.0 Å². The SMILES string of the molecule is C[C@H](C(=O)N(C)C)N1CC(Oc2ccccc2F)C1. The van der Waals surface area contributed by atoms with Crippen molar-refractivity contribution in [3.8, 4) is 5.75 Å². The minimum absolute atomic E-state index is 0.0469. The number of benzene rings is 1. The molecule has 1 aliphatic heterocycles. The van der Waals surface area contributed by atoms with Gasteiger partial charge in [-0.3, -0.25) is 9.69 Å². The normalized spacial score (nSPS) is 17.7. The second-order valence-corrected chi connectivity index (χ2v) is 5.03. The summed E-state index contributed by atoms with van der Waals surface area (Å²) < 4.78 is 19.0. The van der Waals surface area contributed by atoms with E-state index in [0.29, 0.717) is 13.1 Å². The van der Waals surface area contributed by atoms with Gasteiger partial charge >= 0.3 is 0 Å². The van der Waals surface area contributed by atoms with Gasteiger partial charge in [-0.05, 0) is 19.1 Å². The second-order valence-electron chi connectivity index (χ2n) is 5.03. The zero-order valence-electron chi connectivity index (χ0n) is 11.5. The molecule has 0 aromatic heterocycles. The molecule has 0 spiro atoms. The van der Waals surface area contributed by atoms with Crippen molar-refractivity contribution >= 4 is 5.91 Å². The Morgan fingerprint density at radius 1 is 1.42 bits per heavy atom. The van der Waals surface area contributed by atoms with Crippen molar-refractivity contribution in [2.45, 2.75) is 19.1 Å². The zero-order valence-corrected chi connectivity index (χ0v) is 11.5. The molecule has 0 saturated carbocycles. The Hall–Kier alpha value is -1.62. The molecule has 19 heavy (non-hydrogen) atoms. The highest BCUT2D eigenvalue weighted by Crippen LogP contribution is 2.22. The molecule has 1 aliphatic rings. The fourth-order valence-corrected chi connectivity index (χ4v) is 2.11. The predicted molar refractivity (Wildman–Crippen MR) is 70.5 cm³/mol. The number of likely N-dealkylation sites (tertiary alicyclic amines) is 1. The average Bonchev–Trinajstić information content (AvgIpc) is 2.33. The molecule has 0 N–H and O–H groups in total. The Morgan fingerprint density at radius 2 is 2.05 bits per heavy atom. The molecule has 1 atom stereocenters.